The summed E-state index contributed by atoms with van der Waals surface area (Å²) in [4.78, 5) is 0. The zero-order valence-corrected chi connectivity index (χ0v) is 17.2. The van der Waals surface area contributed by atoms with Crippen molar-refractivity contribution < 1.29 is 21.5 Å². The fourth-order valence-corrected chi connectivity index (χ4v) is 3.23. The van der Waals surface area contributed by atoms with Gasteiger partial charge >= 0.3 is 0 Å². The molecule has 0 radical (unpaired) electrons. The third-order valence-corrected chi connectivity index (χ3v) is 4.77. The van der Waals surface area contributed by atoms with Gasteiger partial charge in [0, 0.05) is 17.7 Å². The highest BCUT2D eigenvalue weighted by Crippen LogP contribution is 2.22. The van der Waals surface area contributed by atoms with Gasteiger partial charge in [-0.15, -0.1) is 0 Å². The summed E-state index contributed by atoms with van der Waals surface area (Å²) in [5, 5.41) is 0. The maximum atomic E-state index is 4.28. The molecule has 0 spiro atoms. The van der Waals surface area contributed by atoms with Gasteiger partial charge in [0.15, 0.2) is 18.9 Å². The van der Waals surface area contributed by atoms with Crippen LogP contribution in [0.1, 0.15) is 5.56 Å². The average molecular weight is 428 g/mol. The summed E-state index contributed by atoms with van der Waals surface area (Å²) in [5.74, 6) is 0. The predicted molar refractivity (Wildman–Crippen MR) is 113 cm³/mol. The Bertz CT molecular complexity index is 1020. The second-order valence-corrected chi connectivity index (χ2v) is 6.67. The van der Waals surface area contributed by atoms with Crippen molar-refractivity contribution >= 4 is 5.57 Å². The van der Waals surface area contributed by atoms with E-state index in [0.29, 0.717) is 0 Å². The van der Waals surface area contributed by atoms with Crippen LogP contribution in [0, 0.1) is 0 Å². The second kappa shape index (κ2) is 9.29. The first kappa shape index (κ1) is 19.8. The second-order valence-electron chi connectivity index (χ2n) is 6.67. The van der Waals surface area contributed by atoms with E-state index in [-0.39, 0.29) is 17.0 Å². The summed E-state index contributed by atoms with van der Waals surface area (Å²) < 4.78 is 2.17. The minimum atomic E-state index is 0. The van der Waals surface area contributed by atoms with Crippen LogP contribution in [0.4, 0.5) is 0 Å². The van der Waals surface area contributed by atoms with Gasteiger partial charge in [0.25, 0.3) is 0 Å². The molecule has 0 aliphatic rings. The molecular weight excluding hydrogens is 406 g/mol. The molecule has 2 heteroatoms. The lowest BCUT2D eigenvalue weighted by Crippen LogP contribution is -3.00. The Morgan fingerprint density at radius 2 is 1.00 bits per heavy atom. The smallest absolute Gasteiger partial charge is 0.173 e. The summed E-state index contributed by atoms with van der Waals surface area (Å²) in [5.41, 5.74) is 7.21. The molecule has 3 aromatic carbocycles. The van der Waals surface area contributed by atoms with E-state index in [1.54, 1.807) is 0 Å². The lowest BCUT2D eigenvalue weighted by Gasteiger charge is -2.06. The number of benzene rings is 3. The van der Waals surface area contributed by atoms with Gasteiger partial charge in [-0.2, -0.15) is 0 Å². The zero-order valence-electron chi connectivity index (χ0n) is 15.6. The summed E-state index contributed by atoms with van der Waals surface area (Å²) in [6, 6.07) is 33.8. The summed E-state index contributed by atoms with van der Waals surface area (Å²) in [6.45, 7) is 5.06. The first-order chi connectivity index (χ1) is 13.3. The quantitative estimate of drug-likeness (QED) is 0.431. The molecule has 0 aliphatic carbocycles. The van der Waals surface area contributed by atoms with Gasteiger partial charge in [-0.25, -0.2) is 4.57 Å². The summed E-state index contributed by atoms with van der Waals surface area (Å²) in [7, 11) is 0. The zero-order chi connectivity index (χ0) is 18.5. The Morgan fingerprint density at radius 3 is 1.50 bits per heavy atom. The topological polar surface area (TPSA) is 3.88 Å². The van der Waals surface area contributed by atoms with Gasteiger partial charge in [0.2, 0.25) is 0 Å². The Balaban J connectivity index is 0.00000225. The Labute approximate surface area is 177 Å². The molecule has 0 aliphatic heterocycles. The maximum absolute atomic E-state index is 4.28. The van der Waals surface area contributed by atoms with Crippen molar-refractivity contribution in [3.63, 3.8) is 0 Å². The van der Waals surface area contributed by atoms with Crippen LogP contribution in [0.5, 0.6) is 0 Å². The van der Waals surface area contributed by atoms with Gasteiger partial charge in [0.1, 0.15) is 0 Å². The van der Waals surface area contributed by atoms with E-state index >= 15 is 0 Å². The molecule has 4 aromatic rings. The van der Waals surface area contributed by atoms with Crippen LogP contribution in [0.3, 0.4) is 0 Å². The van der Waals surface area contributed by atoms with E-state index in [0.717, 1.165) is 12.1 Å². The highest BCUT2D eigenvalue weighted by atomic mass is 79.9. The predicted octanol–water partition coefficient (Wildman–Crippen LogP) is 3.03. The van der Waals surface area contributed by atoms with Gasteiger partial charge in [0.05, 0.1) is 0 Å². The fraction of sp³-hybridized carbons (Fsp3) is 0.0385. The van der Waals surface area contributed by atoms with Crippen molar-refractivity contribution in [3.05, 3.63) is 122 Å². The molecule has 1 heterocycles. The van der Waals surface area contributed by atoms with Crippen LogP contribution in [0.25, 0.3) is 27.8 Å². The first-order valence-electron chi connectivity index (χ1n) is 9.18. The van der Waals surface area contributed by atoms with Crippen LogP contribution in [0.15, 0.2) is 116 Å². The normalized spacial score (nSPS) is 10.1. The Hall–Kier alpha value is -2.97. The van der Waals surface area contributed by atoms with E-state index in [1.165, 1.54) is 27.8 Å². The van der Waals surface area contributed by atoms with E-state index in [9.17, 15) is 0 Å². The molecule has 0 atom stereocenters. The highest BCUT2D eigenvalue weighted by molar-refractivity contribution is 5.69. The van der Waals surface area contributed by atoms with E-state index in [4.69, 9.17) is 0 Å². The highest BCUT2D eigenvalue weighted by Gasteiger charge is 2.07. The van der Waals surface area contributed by atoms with E-state index in [2.05, 4.69) is 108 Å². The number of nitrogens with zero attached hydrogens (tertiary/aromatic N) is 1. The molecule has 0 N–H and O–H groups in total. The first-order valence-corrected chi connectivity index (χ1v) is 9.18. The van der Waals surface area contributed by atoms with Crippen molar-refractivity contribution in [1.29, 1.82) is 0 Å². The summed E-state index contributed by atoms with van der Waals surface area (Å²) >= 11 is 0. The number of rotatable bonds is 5. The Kier molecular flexibility index (Phi) is 6.57. The molecule has 28 heavy (non-hydrogen) atoms. The molecular formula is C26H22BrN. The molecule has 0 bridgehead atoms. The van der Waals surface area contributed by atoms with Crippen LogP contribution in [-0.4, -0.2) is 0 Å². The molecule has 1 aromatic heterocycles. The summed E-state index contributed by atoms with van der Waals surface area (Å²) in [6.07, 6.45) is 4.23. The third kappa shape index (κ3) is 4.65. The molecule has 0 saturated heterocycles. The van der Waals surface area contributed by atoms with Crippen molar-refractivity contribution in [2.24, 2.45) is 0 Å². The standard InChI is InChI=1S/C26H22N.BrH/c1-21(22-12-14-25(15-13-22)23-8-4-2-5-9-23)20-27-18-16-26(17-19-27)24-10-6-3-7-11-24;/h2-19H,1,20H2;1H/q+1;/p-1. The molecule has 4 rings (SSSR count). The Morgan fingerprint density at radius 1 is 0.571 bits per heavy atom. The molecule has 0 saturated carbocycles. The minimum Gasteiger partial charge on any atom is -1.00 e. The van der Waals surface area contributed by atoms with Crippen molar-refractivity contribution in [2.45, 2.75) is 6.54 Å². The van der Waals surface area contributed by atoms with E-state index in [1.807, 2.05) is 12.1 Å². The number of allylic oxidation sites excluding steroid dienone is 1. The maximum Gasteiger partial charge on any atom is 0.173 e. The van der Waals surface area contributed by atoms with Gasteiger partial charge in [-0.1, -0.05) is 91.5 Å². The van der Waals surface area contributed by atoms with Crippen LogP contribution in [-0.2, 0) is 6.54 Å². The number of hydrogen-bond donors (Lipinski definition) is 0. The third-order valence-electron chi connectivity index (χ3n) is 4.77. The SMILES string of the molecule is C=C(C[n+]1ccc(-c2ccccc2)cc1)c1ccc(-c2ccccc2)cc1.[Br-]. The number of pyridine rings is 1. The van der Waals surface area contributed by atoms with Gasteiger partial charge in [-0.3, -0.25) is 0 Å². The monoisotopic (exact) mass is 427 g/mol. The largest absolute Gasteiger partial charge is 1.00 e. The fourth-order valence-electron chi connectivity index (χ4n) is 3.23. The molecule has 0 amide bonds. The molecule has 1 nitrogen and oxygen atoms in total. The van der Waals surface area contributed by atoms with Crippen LogP contribution >= 0.6 is 0 Å². The van der Waals surface area contributed by atoms with Gasteiger partial charge < -0.3 is 17.0 Å². The van der Waals surface area contributed by atoms with E-state index < -0.39 is 0 Å². The van der Waals surface area contributed by atoms with Crippen molar-refractivity contribution in [2.75, 3.05) is 0 Å². The lowest BCUT2D eigenvalue weighted by molar-refractivity contribution is -0.684. The van der Waals surface area contributed by atoms with Crippen LogP contribution in [0.2, 0.25) is 0 Å². The molecule has 138 valence electrons. The number of hydrogen-bond acceptors (Lipinski definition) is 0. The average Bonchev–Trinajstić information content (AvgIpc) is 2.76. The molecule has 0 unspecified atom stereocenters. The lowest BCUT2D eigenvalue weighted by atomic mass is 10.0. The molecule has 0 fully saturated rings. The number of aromatic nitrogens is 1. The van der Waals surface area contributed by atoms with Crippen molar-refractivity contribution in [3.8, 4) is 22.3 Å². The van der Waals surface area contributed by atoms with Gasteiger partial charge in [-0.05, 0) is 27.8 Å². The minimum absolute atomic E-state index is 0. The van der Waals surface area contributed by atoms with Crippen molar-refractivity contribution in [1.82, 2.24) is 0 Å². The number of halogens is 1. The van der Waals surface area contributed by atoms with Crippen LogP contribution < -0.4 is 21.5 Å².